The van der Waals surface area contributed by atoms with Gasteiger partial charge in [-0.25, -0.2) is 0 Å². The highest BCUT2D eigenvalue weighted by Crippen LogP contribution is 2.34. The summed E-state index contributed by atoms with van der Waals surface area (Å²) in [5.41, 5.74) is 1.13. The maximum absolute atomic E-state index is 13.4. The van der Waals surface area contributed by atoms with Gasteiger partial charge in [0.05, 0.1) is 13.2 Å². The summed E-state index contributed by atoms with van der Waals surface area (Å²) in [5.74, 6) is 0.856. The zero-order valence-corrected chi connectivity index (χ0v) is 18.5. The van der Waals surface area contributed by atoms with Crippen molar-refractivity contribution in [3.63, 3.8) is 0 Å². The Hall–Kier alpha value is -1.43. The molecule has 5 nitrogen and oxygen atoms in total. The zero-order valence-electron chi connectivity index (χ0n) is 18.5. The predicted octanol–water partition coefficient (Wildman–Crippen LogP) is 3.09. The topological polar surface area (TPSA) is 44.8 Å². The van der Waals surface area contributed by atoms with E-state index in [0.29, 0.717) is 5.92 Å². The van der Waals surface area contributed by atoms with Crippen LogP contribution in [0.5, 0.6) is 0 Å². The number of piperidine rings is 1. The van der Waals surface area contributed by atoms with E-state index >= 15 is 0 Å². The van der Waals surface area contributed by atoms with Gasteiger partial charge in [-0.15, -0.1) is 0 Å². The third-order valence-electron chi connectivity index (χ3n) is 7.43. The summed E-state index contributed by atoms with van der Waals surface area (Å²) in [7, 11) is 0. The zero-order chi connectivity index (χ0) is 20.7. The van der Waals surface area contributed by atoms with Crippen molar-refractivity contribution in [1.82, 2.24) is 15.1 Å². The van der Waals surface area contributed by atoms with Crippen molar-refractivity contribution in [3.05, 3.63) is 35.9 Å². The van der Waals surface area contributed by atoms with Crippen molar-refractivity contribution in [1.29, 1.82) is 0 Å². The molecule has 0 aromatic heterocycles. The van der Waals surface area contributed by atoms with Gasteiger partial charge in [-0.2, -0.15) is 0 Å². The molecule has 0 spiro atoms. The SMILES string of the molecule is O=C(NC[C@@H]1CCCN(CCc2ccccc2)C1)C1(N2CCOCC2)CCCCC1. The minimum Gasteiger partial charge on any atom is -0.379 e. The second kappa shape index (κ2) is 10.7. The summed E-state index contributed by atoms with van der Waals surface area (Å²) in [6.45, 7) is 7.54. The molecule has 0 radical (unpaired) electrons. The van der Waals surface area contributed by atoms with Crippen LogP contribution in [0.15, 0.2) is 30.3 Å². The number of carbonyl (C=O) groups excluding carboxylic acids is 1. The Morgan fingerprint density at radius 2 is 1.80 bits per heavy atom. The van der Waals surface area contributed by atoms with E-state index in [2.05, 4.69) is 45.4 Å². The lowest BCUT2D eigenvalue weighted by atomic mass is 9.79. The van der Waals surface area contributed by atoms with Crippen LogP contribution in [0.4, 0.5) is 0 Å². The molecule has 2 heterocycles. The van der Waals surface area contributed by atoms with Crippen LogP contribution < -0.4 is 5.32 Å². The van der Waals surface area contributed by atoms with Gasteiger partial charge in [0.25, 0.3) is 0 Å². The molecule has 1 N–H and O–H groups in total. The fourth-order valence-corrected chi connectivity index (χ4v) is 5.67. The number of amides is 1. The van der Waals surface area contributed by atoms with Crippen LogP contribution in [0.3, 0.4) is 0 Å². The van der Waals surface area contributed by atoms with Crippen molar-refractivity contribution in [2.75, 3.05) is 52.5 Å². The highest BCUT2D eigenvalue weighted by atomic mass is 16.5. The van der Waals surface area contributed by atoms with Gasteiger partial charge in [0.15, 0.2) is 0 Å². The number of benzene rings is 1. The standard InChI is InChI=1S/C25H39N3O2/c29-24(25(12-5-2-6-13-25)28-16-18-30-19-17-28)26-20-23-10-7-14-27(21-23)15-11-22-8-3-1-4-9-22/h1,3-4,8-9,23H,2,5-7,10-21H2,(H,26,29)/t23-/m0/s1. The summed E-state index contributed by atoms with van der Waals surface area (Å²) in [6, 6.07) is 10.8. The van der Waals surface area contributed by atoms with Crippen molar-refractivity contribution >= 4 is 5.91 Å². The molecule has 1 aromatic rings. The van der Waals surface area contributed by atoms with Crippen molar-refractivity contribution in [2.24, 2.45) is 5.92 Å². The Balaban J connectivity index is 1.28. The van der Waals surface area contributed by atoms with E-state index in [9.17, 15) is 4.79 Å². The first-order valence-corrected chi connectivity index (χ1v) is 12.1. The molecule has 166 valence electrons. The summed E-state index contributed by atoms with van der Waals surface area (Å²) >= 11 is 0. The van der Waals surface area contributed by atoms with Crippen molar-refractivity contribution in [3.8, 4) is 0 Å². The Labute approximate surface area is 182 Å². The maximum atomic E-state index is 13.4. The first kappa shape index (κ1) is 21.8. The Morgan fingerprint density at radius 1 is 1.03 bits per heavy atom. The lowest BCUT2D eigenvalue weighted by Crippen LogP contribution is -2.62. The molecule has 0 bridgehead atoms. The average Bonchev–Trinajstić information content (AvgIpc) is 2.83. The second-order valence-electron chi connectivity index (χ2n) is 9.45. The van der Waals surface area contributed by atoms with Gasteiger partial charge in [0.1, 0.15) is 5.54 Å². The number of rotatable bonds is 7. The fourth-order valence-electron chi connectivity index (χ4n) is 5.67. The van der Waals surface area contributed by atoms with Gasteiger partial charge in [0.2, 0.25) is 5.91 Å². The molecular formula is C25H39N3O2. The highest BCUT2D eigenvalue weighted by molar-refractivity contribution is 5.86. The molecule has 5 heteroatoms. The van der Waals surface area contributed by atoms with Gasteiger partial charge in [-0.1, -0.05) is 49.6 Å². The molecule has 1 aliphatic carbocycles. The largest absolute Gasteiger partial charge is 0.379 e. The number of nitrogens with one attached hydrogen (secondary N) is 1. The van der Waals surface area contributed by atoms with Crippen molar-refractivity contribution < 1.29 is 9.53 Å². The molecule has 3 fully saturated rings. The van der Waals surface area contributed by atoms with Gasteiger partial charge in [-0.05, 0) is 50.1 Å². The third-order valence-corrected chi connectivity index (χ3v) is 7.43. The molecular weight excluding hydrogens is 374 g/mol. The number of hydrogen-bond acceptors (Lipinski definition) is 4. The first-order valence-electron chi connectivity index (χ1n) is 12.1. The number of ether oxygens (including phenoxy) is 1. The number of morpholine rings is 1. The van der Waals surface area contributed by atoms with E-state index in [0.717, 1.165) is 65.2 Å². The minimum atomic E-state index is -0.288. The van der Waals surface area contributed by atoms with Gasteiger partial charge < -0.3 is 15.0 Å². The van der Waals surface area contributed by atoms with Crippen LogP contribution in [0.1, 0.15) is 50.5 Å². The third kappa shape index (κ3) is 5.43. The molecule has 1 saturated carbocycles. The maximum Gasteiger partial charge on any atom is 0.240 e. The quantitative estimate of drug-likeness (QED) is 0.746. The summed E-state index contributed by atoms with van der Waals surface area (Å²) < 4.78 is 5.56. The summed E-state index contributed by atoms with van der Waals surface area (Å²) in [5, 5.41) is 3.41. The average molecular weight is 414 g/mol. The second-order valence-corrected chi connectivity index (χ2v) is 9.45. The van der Waals surface area contributed by atoms with Crippen LogP contribution in [-0.2, 0) is 16.0 Å². The highest BCUT2D eigenvalue weighted by Gasteiger charge is 2.45. The molecule has 1 atom stereocenters. The lowest BCUT2D eigenvalue weighted by molar-refractivity contribution is -0.140. The van der Waals surface area contributed by atoms with E-state index < -0.39 is 0 Å². The molecule has 3 aliphatic rings. The van der Waals surface area contributed by atoms with E-state index in [1.54, 1.807) is 0 Å². The van der Waals surface area contributed by atoms with E-state index in [-0.39, 0.29) is 11.4 Å². The number of likely N-dealkylation sites (tertiary alicyclic amines) is 1. The fraction of sp³-hybridized carbons (Fsp3) is 0.720. The van der Waals surface area contributed by atoms with E-state index in [1.807, 2.05) is 0 Å². The molecule has 0 unspecified atom stereocenters. The lowest BCUT2D eigenvalue weighted by Gasteiger charge is -2.46. The molecule has 2 aliphatic heterocycles. The molecule has 4 rings (SSSR count). The van der Waals surface area contributed by atoms with E-state index in [1.165, 1.54) is 44.2 Å². The van der Waals surface area contributed by atoms with Crippen LogP contribution in [0.25, 0.3) is 0 Å². The van der Waals surface area contributed by atoms with Gasteiger partial charge >= 0.3 is 0 Å². The molecule has 1 aromatic carbocycles. The first-order chi connectivity index (χ1) is 14.8. The van der Waals surface area contributed by atoms with Crippen LogP contribution >= 0.6 is 0 Å². The smallest absolute Gasteiger partial charge is 0.240 e. The van der Waals surface area contributed by atoms with Gasteiger partial charge in [0, 0.05) is 32.7 Å². The molecule has 2 saturated heterocycles. The molecule has 30 heavy (non-hydrogen) atoms. The summed E-state index contributed by atoms with van der Waals surface area (Å²) in [6.07, 6.45) is 9.19. The Bertz CT molecular complexity index is 654. The summed E-state index contributed by atoms with van der Waals surface area (Å²) in [4.78, 5) is 18.5. The number of hydrogen-bond donors (Lipinski definition) is 1. The molecule has 1 amide bonds. The van der Waals surface area contributed by atoms with E-state index in [4.69, 9.17) is 4.74 Å². The minimum absolute atomic E-state index is 0.283. The van der Waals surface area contributed by atoms with Crippen LogP contribution in [0, 0.1) is 5.92 Å². The normalized spacial score (nSPS) is 25.7. The van der Waals surface area contributed by atoms with Crippen molar-refractivity contribution in [2.45, 2.75) is 56.9 Å². The number of nitrogens with zero attached hydrogens (tertiary/aromatic N) is 2. The van der Waals surface area contributed by atoms with Crippen LogP contribution in [0.2, 0.25) is 0 Å². The Morgan fingerprint density at radius 3 is 2.57 bits per heavy atom. The van der Waals surface area contributed by atoms with Crippen LogP contribution in [-0.4, -0.2) is 73.7 Å². The monoisotopic (exact) mass is 413 g/mol. The number of carbonyl (C=O) groups is 1. The predicted molar refractivity (Wildman–Crippen MR) is 121 cm³/mol. The van der Waals surface area contributed by atoms with Gasteiger partial charge in [-0.3, -0.25) is 9.69 Å². The Kier molecular flexibility index (Phi) is 7.80.